The van der Waals surface area contributed by atoms with Crippen molar-refractivity contribution in [2.75, 3.05) is 0 Å². The molecule has 1 aromatic carbocycles. The molecule has 0 aromatic heterocycles. The molecule has 0 saturated carbocycles. The average molecular weight is 257 g/mol. The van der Waals surface area contributed by atoms with Crippen molar-refractivity contribution in [2.45, 2.75) is 6.92 Å². The molecule has 0 aliphatic rings. The molecule has 1 rings (SSSR count). The lowest BCUT2D eigenvalue weighted by Gasteiger charge is -2.03. The summed E-state index contributed by atoms with van der Waals surface area (Å²) < 4.78 is 0.921. The van der Waals surface area contributed by atoms with Crippen LogP contribution in [0, 0.1) is 6.92 Å². The number of amides is 1. The molecule has 1 amide bonds. The van der Waals surface area contributed by atoms with Crippen molar-refractivity contribution in [1.29, 1.82) is 0 Å². The monoisotopic (exact) mass is 256 g/mol. The molecular weight excluding hydrogens is 248 g/mol. The van der Waals surface area contributed by atoms with Crippen molar-refractivity contribution >= 4 is 28.1 Å². The molecule has 0 radical (unpaired) electrons. The molecule has 0 atom stereocenters. The van der Waals surface area contributed by atoms with E-state index in [9.17, 15) is 4.79 Å². The fourth-order valence-corrected chi connectivity index (χ4v) is 1.17. The molecule has 0 bridgehead atoms. The second kappa shape index (κ2) is 4.76. The van der Waals surface area contributed by atoms with E-state index in [1.54, 1.807) is 6.07 Å². The first-order chi connectivity index (χ1) is 6.61. The Bertz CT molecular complexity index is 377. The van der Waals surface area contributed by atoms with Crippen molar-refractivity contribution in [3.8, 4) is 5.75 Å². The average Bonchev–Trinajstić information content (AvgIpc) is 2.12. The lowest BCUT2D eigenvalue weighted by Crippen LogP contribution is -2.12. The molecule has 0 aliphatic carbocycles. The molecule has 0 spiro atoms. The van der Waals surface area contributed by atoms with Gasteiger partial charge in [0.05, 0.1) is 0 Å². The summed E-state index contributed by atoms with van der Waals surface area (Å²) in [7, 11) is 0. The number of primary amides is 1. The Morgan fingerprint density at radius 2 is 2.36 bits per heavy atom. The minimum Gasteiger partial charge on any atom is -0.365 e. The zero-order valence-corrected chi connectivity index (χ0v) is 9.11. The number of rotatable bonds is 3. The molecule has 4 nitrogen and oxygen atoms in total. The van der Waals surface area contributed by atoms with E-state index in [1.807, 2.05) is 19.1 Å². The smallest absolute Gasteiger partial charge is 0.263 e. The quantitative estimate of drug-likeness (QED) is 0.660. The third kappa shape index (κ3) is 2.85. The van der Waals surface area contributed by atoms with Crippen LogP contribution in [0.25, 0.3) is 0 Å². The van der Waals surface area contributed by atoms with Gasteiger partial charge in [-0.3, -0.25) is 4.79 Å². The molecule has 2 N–H and O–H groups in total. The van der Waals surface area contributed by atoms with Crippen LogP contribution in [0.5, 0.6) is 5.75 Å². The van der Waals surface area contributed by atoms with Gasteiger partial charge in [0, 0.05) is 10.0 Å². The predicted molar refractivity (Wildman–Crippen MR) is 57.2 cm³/mol. The lowest BCUT2D eigenvalue weighted by molar-refractivity contribution is -0.111. The summed E-state index contributed by atoms with van der Waals surface area (Å²) in [5.74, 6) is -0.0606. The first-order valence-electron chi connectivity index (χ1n) is 3.86. The molecule has 5 heteroatoms. The molecule has 74 valence electrons. The van der Waals surface area contributed by atoms with Crippen molar-refractivity contribution in [1.82, 2.24) is 0 Å². The van der Waals surface area contributed by atoms with E-state index < -0.39 is 5.91 Å². The molecule has 0 fully saturated rings. The van der Waals surface area contributed by atoms with E-state index >= 15 is 0 Å². The van der Waals surface area contributed by atoms with E-state index in [0.717, 1.165) is 16.3 Å². The van der Waals surface area contributed by atoms with Gasteiger partial charge in [-0.1, -0.05) is 27.2 Å². The number of oxime groups is 1. The van der Waals surface area contributed by atoms with Gasteiger partial charge in [0.2, 0.25) is 0 Å². The van der Waals surface area contributed by atoms with E-state index in [4.69, 9.17) is 10.6 Å². The third-order valence-corrected chi connectivity index (χ3v) is 2.41. The van der Waals surface area contributed by atoms with Gasteiger partial charge in [-0.25, -0.2) is 0 Å². The maximum absolute atomic E-state index is 10.3. The van der Waals surface area contributed by atoms with E-state index in [2.05, 4.69) is 21.1 Å². The summed E-state index contributed by atoms with van der Waals surface area (Å²) in [4.78, 5) is 15.3. The summed E-state index contributed by atoms with van der Waals surface area (Å²) in [6, 6.07) is 5.45. The Labute approximate surface area is 89.9 Å². The van der Waals surface area contributed by atoms with Gasteiger partial charge in [0.15, 0.2) is 5.75 Å². The van der Waals surface area contributed by atoms with Crippen LogP contribution in [0.15, 0.2) is 27.8 Å². The van der Waals surface area contributed by atoms with Crippen molar-refractivity contribution < 1.29 is 9.63 Å². The van der Waals surface area contributed by atoms with Gasteiger partial charge >= 0.3 is 0 Å². The minimum atomic E-state index is -0.641. The maximum Gasteiger partial charge on any atom is 0.263 e. The fraction of sp³-hybridized carbons (Fsp3) is 0.111. The Morgan fingerprint density at radius 1 is 1.64 bits per heavy atom. The summed E-state index contributed by atoms with van der Waals surface area (Å²) in [6.45, 7) is 1.87. The standard InChI is InChI=1S/C9H9BrN2O2/c1-6-7(10)3-2-4-8(6)14-12-5-9(11)13/h2-5H,1H3,(H2,11,13)/b12-5+. The highest BCUT2D eigenvalue weighted by molar-refractivity contribution is 9.10. The molecular formula is C9H9BrN2O2. The Hall–Kier alpha value is -1.36. The zero-order valence-electron chi connectivity index (χ0n) is 7.53. The second-order valence-electron chi connectivity index (χ2n) is 2.59. The van der Waals surface area contributed by atoms with Crippen LogP contribution in [-0.4, -0.2) is 12.1 Å². The zero-order chi connectivity index (χ0) is 10.6. The lowest BCUT2D eigenvalue weighted by atomic mass is 10.2. The second-order valence-corrected chi connectivity index (χ2v) is 3.45. The molecule has 0 saturated heterocycles. The van der Waals surface area contributed by atoms with E-state index in [-0.39, 0.29) is 0 Å². The topological polar surface area (TPSA) is 64.7 Å². The van der Waals surface area contributed by atoms with Crippen LogP contribution in [0.4, 0.5) is 0 Å². The van der Waals surface area contributed by atoms with Crippen molar-refractivity contribution in [3.63, 3.8) is 0 Å². The van der Waals surface area contributed by atoms with Gasteiger partial charge in [0.1, 0.15) is 6.21 Å². The van der Waals surface area contributed by atoms with Crippen LogP contribution in [-0.2, 0) is 4.79 Å². The Morgan fingerprint density at radius 3 is 3.00 bits per heavy atom. The van der Waals surface area contributed by atoms with Gasteiger partial charge in [0.25, 0.3) is 5.91 Å². The molecule has 0 aliphatic heterocycles. The van der Waals surface area contributed by atoms with Gasteiger partial charge in [-0.2, -0.15) is 0 Å². The number of benzene rings is 1. The Balaban J connectivity index is 2.77. The first-order valence-corrected chi connectivity index (χ1v) is 4.65. The number of carbonyl (C=O) groups excluding carboxylic acids is 1. The highest BCUT2D eigenvalue weighted by Crippen LogP contribution is 2.25. The molecule has 0 heterocycles. The SMILES string of the molecule is Cc1c(Br)cccc1O/N=C/C(N)=O. The number of halogens is 1. The summed E-state index contributed by atoms with van der Waals surface area (Å²) in [5, 5.41) is 3.42. The van der Waals surface area contributed by atoms with E-state index in [1.165, 1.54) is 0 Å². The number of nitrogens with two attached hydrogens (primary N) is 1. The highest BCUT2D eigenvalue weighted by Gasteiger charge is 2.01. The Kier molecular flexibility index (Phi) is 3.64. The maximum atomic E-state index is 10.3. The van der Waals surface area contributed by atoms with E-state index in [0.29, 0.717) is 5.75 Å². The number of hydrogen-bond acceptors (Lipinski definition) is 3. The number of hydrogen-bond donors (Lipinski definition) is 1. The van der Waals surface area contributed by atoms with Crippen molar-refractivity contribution in [3.05, 3.63) is 28.2 Å². The largest absolute Gasteiger partial charge is 0.365 e. The highest BCUT2D eigenvalue weighted by atomic mass is 79.9. The third-order valence-electron chi connectivity index (χ3n) is 1.55. The number of nitrogens with zero attached hydrogens (tertiary/aromatic N) is 1. The van der Waals surface area contributed by atoms with Gasteiger partial charge < -0.3 is 10.6 Å². The van der Waals surface area contributed by atoms with Gasteiger partial charge in [-0.15, -0.1) is 0 Å². The van der Waals surface area contributed by atoms with Crippen LogP contribution in [0.3, 0.4) is 0 Å². The van der Waals surface area contributed by atoms with Crippen LogP contribution < -0.4 is 10.6 Å². The normalized spacial score (nSPS) is 10.4. The molecule has 0 unspecified atom stereocenters. The van der Waals surface area contributed by atoms with Crippen LogP contribution >= 0.6 is 15.9 Å². The summed E-state index contributed by atoms with van der Waals surface area (Å²) >= 11 is 3.34. The minimum absolute atomic E-state index is 0.580. The van der Waals surface area contributed by atoms with Crippen molar-refractivity contribution in [2.24, 2.45) is 10.9 Å². The van der Waals surface area contributed by atoms with Crippen LogP contribution in [0.1, 0.15) is 5.56 Å². The van der Waals surface area contributed by atoms with Gasteiger partial charge in [-0.05, 0) is 19.1 Å². The summed E-state index contributed by atoms with van der Waals surface area (Å²) in [6.07, 6.45) is 0.917. The van der Waals surface area contributed by atoms with Crippen LogP contribution in [0.2, 0.25) is 0 Å². The first kappa shape index (κ1) is 10.7. The molecule has 1 aromatic rings. The predicted octanol–water partition coefficient (Wildman–Crippen LogP) is 1.61. The fourth-order valence-electron chi connectivity index (χ4n) is 0.822. The molecule has 14 heavy (non-hydrogen) atoms. The summed E-state index contributed by atoms with van der Waals surface area (Å²) in [5.41, 5.74) is 5.76. The number of carbonyl (C=O) groups is 1.